The van der Waals surface area contributed by atoms with Crippen molar-refractivity contribution in [2.24, 2.45) is 0 Å². The highest BCUT2D eigenvalue weighted by atomic mass is 16.5. The smallest absolute Gasteiger partial charge is 0.284 e. The third-order valence-electron chi connectivity index (χ3n) is 2.54. The van der Waals surface area contributed by atoms with Crippen LogP contribution in [0, 0.1) is 5.21 Å². The molecule has 1 aromatic heterocycles. The Morgan fingerprint density at radius 3 is 2.86 bits per heavy atom. The molecule has 0 amide bonds. The van der Waals surface area contributed by atoms with Gasteiger partial charge in [-0.15, -0.1) is 0 Å². The average molecular weight is 193 g/mol. The van der Waals surface area contributed by atoms with E-state index in [1.165, 1.54) is 6.07 Å². The van der Waals surface area contributed by atoms with Gasteiger partial charge in [-0.1, -0.05) is 0 Å². The van der Waals surface area contributed by atoms with Crippen molar-refractivity contribution in [3.8, 4) is 5.75 Å². The van der Waals surface area contributed by atoms with Gasteiger partial charge in [-0.2, -0.15) is 4.73 Å². The molecule has 0 fully saturated rings. The lowest BCUT2D eigenvalue weighted by Crippen LogP contribution is -2.34. The van der Waals surface area contributed by atoms with E-state index in [0.717, 1.165) is 31.0 Å². The number of aromatic nitrogens is 1. The lowest BCUT2D eigenvalue weighted by Gasteiger charge is -2.10. The van der Waals surface area contributed by atoms with Gasteiger partial charge in [0.2, 0.25) is 6.20 Å². The Morgan fingerprint density at radius 2 is 2.07 bits per heavy atom. The fourth-order valence-electron chi connectivity index (χ4n) is 1.81. The minimum atomic E-state index is -0.616. The van der Waals surface area contributed by atoms with Gasteiger partial charge in [-0.25, -0.2) is 0 Å². The van der Waals surface area contributed by atoms with Crippen molar-refractivity contribution in [1.82, 2.24) is 0 Å². The highest BCUT2D eigenvalue weighted by Crippen LogP contribution is 2.18. The molecule has 1 heterocycles. The summed E-state index contributed by atoms with van der Waals surface area (Å²) in [6.45, 7) is 0. The number of nitrogens with zero attached hydrogens (tertiary/aromatic N) is 1. The molecule has 4 nitrogen and oxygen atoms in total. The molecular formula is C10H11NO3. The quantitative estimate of drug-likeness (QED) is 0.475. The standard InChI is InChI=1S/C10H11NO3/c12-9-5-7-3-1-2-4-8(7)11(14)6-10(9)13/h5-6,12H,1-4H2. The molecule has 4 heteroatoms. The largest absolute Gasteiger partial charge is 0.618 e. The maximum absolute atomic E-state index is 11.4. The molecule has 0 unspecified atom stereocenters. The first kappa shape index (κ1) is 8.99. The van der Waals surface area contributed by atoms with Crippen molar-refractivity contribution >= 4 is 0 Å². The van der Waals surface area contributed by atoms with Gasteiger partial charge in [0.05, 0.1) is 0 Å². The van der Waals surface area contributed by atoms with E-state index in [2.05, 4.69) is 0 Å². The molecule has 0 aliphatic heterocycles. The molecule has 0 spiro atoms. The number of fused-ring (bicyclic) bond motifs is 1. The van der Waals surface area contributed by atoms with Gasteiger partial charge in [-0.3, -0.25) is 4.79 Å². The van der Waals surface area contributed by atoms with Gasteiger partial charge in [0.15, 0.2) is 11.4 Å². The molecule has 0 radical (unpaired) electrons. The summed E-state index contributed by atoms with van der Waals surface area (Å²) < 4.78 is 0.594. The van der Waals surface area contributed by atoms with Crippen LogP contribution in [-0.4, -0.2) is 5.11 Å². The fraction of sp³-hybridized carbons (Fsp3) is 0.400. The third kappa shape index (κ3) is 1.43. The number of hydrogen-bond donors (Lipinski definition) is 1. The van der Waals surface area contributed by atoms with Crippen molar-refractivity contribution in [3.05, 3.63) is 39.0 Å². The maximum Gasteiger partial charge on any atom is 0.284 e. The van der Waals surface area contributed by atoms with E-state index in [1.54, 1.807) is 0 Å². The molecule has 1 aliphatic rings. The zero-order chi connectivity index (χ0) is 10.1. The second-order valence-corrected chi connectivity index (χ2v) is 3.53. The highest BCUT2D eigenvalue weighted by molar-refractivity contribution is 5.26. The minimum Gasteiger partial charge on any atom is -0.618 e. The molecule has 0 atom stereocenters. The summed E-state index contributed by atoms with van der Waals surface area (Å²) in [5.74, 6) is -0.335. The van der Waals surface area contributed by atoms with Crippen LogP contribution >= 0.6 is 0 Å². The van der Waals surface area contributed by atoms with Crippen LogP contribution in [0.15, 0.2) is 17.1 Å². The van der Waals surface area contributed by atoms with Crippen molar-refractivity contribution in [2.45, 2.75) is 25.7 Å². The molecule has 0 aromatic carbocycles. The van der Waals surface area contributed by atoms with Gasteiger partial charge >= 0.3 is 0 Å². The summed E-state index contributed by atoms with van der Waals surface area (Å²) in [6, 6.07) is 1.42. The number of aromatic hydroxyl groups is 1. The van der Waals surface area contributed by atoms with E-state index in [4.69, 9.17) is 0 Å². The third-order valence-corrected chi connectivity index (χ3v) is 2.54. The SMILES string of the molecule is O=c1c[n+]([O-])c2c(cc1O)CCCC2. The van der Waals surface area contributed by atoms with Crippen LogP contribution in [0.1, 0.15) is 24.1 Å². The first-order chi connectivity index (χ1) is 6.68. The Kier molecular flexibility index (Phi) is 2.11. The van der Waals surface area contributed by atoms with Crippen molar-refractivity contribution in [3.63, 3.8) is 0 Å². The lowest BCUT2D eigenvalue weighted by atomic mass is 9.97. The zero-order valence-corrected chi connectivity index (χ0v) is 7.69. The zero-order valence-electron chi connectivity index (χ0n) is 7.69. The molecule has 0 bridgehead atoms. The van der Waals surface area contributed by atoms with Crippen molar-refractivity contribution in [1.29, 1.82) is 0 Å². The molecule has 0 saturated heterocycles. The summed E-state index contributed by atoms with van der Waals surface area (Å²) in [5, 5.41) is 20.7. The van der Waals surface area contributed by atoms with E-state index in [-0.39, 0.29) is 5.75 Å². The molecule has 0 saturated carbocycles. The predicted molar refractivity (Wildman–Crippen MR) is 50.0 cm³/mol. The van der Waals surface area contributed by atoms with Gasteiger partial charge in [0.25, 0.3) is 5.43 Å². The van der Waals surface area contributed by atoms with Gasteiger partial charge in [0.1, 0.15) is 0 Å². The predicted octanol–water partition coefficient (Wildman–Crippen LogP) is 0.265. The first-order valence-corrected chi connectivity index (χ1v) is 4.67. The first-order valence-electron chi connectivity index (χ1n) is 4.67. The van der Waals surface area contributed by atoms with E-state index in [0.29, 0.717) is 16.8 Å². The van der Waals surface area contributed by atoms with E-state index < -0.39 is 5.43 Å². The van der Waals surface area contributed by atoms with Crippen molar-refractivity contribution < 1.29 is 9.84 Å². The minimum absolute atomic E-state index is 0.335. The Labute approximate surface area is 81.0 Å². The molecule has 2 rings (SSSR count). The normalized spacial score (nSPS) is 14.9. The highest BCUT2D eigenvalue weighted by Gasteiger charge is 2.17. The summed E-state index contributed by atoms with van der Waals surface area (Å²) in [4.78, 5) is 11.1. The lowest BCUT2D eigenvalue weighted by molar-refractivity contribution is -0.614. The second kappa shape index (κ2) is 3.29. The summed E-state index contributed by atoms with van der Waals surface area (Å²) >= 11 is 0. The van der Waals surface area contributed by atoms with Gasteiger partial charge in [-0.05, 0) is 25.3 Å². The topological polar surface area (TPSA) is 64.2 Å². The second-order valence-electron chi connectivity index (χ2n) is 3.53. The number of aryl methyl sites for hydroxylation is 1. The van der Waals surface area contributed by atoms with Crippen LogP contribution in [0.4, 0.5) is 0 Å². The molecule has 1 N–H and O–H groups in total. The van der Waals surface area contributed by atoms with Crippen LogP contribution in [0.5, 0.6) is 5.75 Å². The van der Waals surface area contributed by atoms with Crippen LogP contribution in [-0.2, 0) is 12.8 Å². The van der Waals surface area contributed by atoms with Gasteiger partial charge < -0.3 is 10.3 Å². The maximum atomic E-state index is 11.4. The number of hydrogen-bond acceptors (Lipinski definition) is 3. The Balaban J connectivity index is 2.73. The van der Waals surface area contributed by atoms with Crippen LogP contribution in [0.2, 0.25) is 0 Å². The molecular weight excluding hydrogens is 182 g/mol. The molecule has 74 valence electrons. The van der Waals surface area contributed by atoms with E-state index in [1.807, 2.05) is 0 Å². The van der Waals surface area contributed by atoms with Crippen LogP contribution < -0.4 is 10.2 Å². The van der Waals surface area contributed by atoms with Crippen LogP contribution in [0.3, 0.4) is 0 Å². The Morgan fingerprint density at radius 1 is 1.36 bits per heavy atom. The average Bonchev–Trinajstić information content (AvgIpc) is 2.27. The van der Waals surface area contributed by atoms with E-state index in [9.17, 15) is 15.1 Å². The Bertz CT molecular complexity index is 429. The summed E-state index contributed by atoms with van der Waals surface area (Å²) in [5.41, 5.74) is 0.800. The molecule has 1 aliphatic carbocycles. The Hall–Kier alpha value is -1.58. The molecule has 14 heavy (non-hydrogen) atoms. The number of rotatable bonds is 0. The summed E-state index contributed by atoms with van der Waals surface area (Å²) in [7, 11) is 0. The van der Waals surface area contributed by atoms with Gasteiger partial charge in [0, 0.05) is 12.0 Å². The van der Waals surface area contributed by atoms with Crippen LogP contribution in [0.25, 0.3) is 0 Å². The van der Waals surface area contributed by atoms with Crippen molar-refractivity contribution in [2.75, 3.05) is 0 Å². The summed E-state index contributed by atoms with van der Waals surface area (Å²) in [6.07, 6.45) is 4.32. The molecule has 1 aromatic rings. The fourth-order valence-corrected chi connectivity index (χ4v) is 1.81. The monoisotopic (exact) mass is 193 g/mol. The van der Waals surface area contributed by atoms with E-state index >= 15 is 0 Å².